The fourth-order valence-corrected chi connectivity index (χ4v) is 1.53. The van der Waals surface area contributed by atoms with Crippen molar-refractivity contribution in [1.29, 1.82) is 0 Å². The van der Waals surface area contributed by atoms with Crippen molar-refractivity contribution in [2.75, 3.05) is 6.54 Å². The van der Waals surface area contributed by atoms with Crippen LogP contribution in [0.3, 0.4) is 0 Å². The summed E-state index contributed by atoms with van der Waals surface area (Å²) in [5.74, 6) is -0.761. The largest absolute Gasteiger partial charge is 0.509 e. The molecule has 0 saturated carbocycles. The van der Waals surface area contributed by atoms with Gasteiger partial charge in [0.15, 0.2) is 0 Å². The van der Waals surface area contributed by atoms with Crippen molar-refractivity contribution >= 4 is 5.91 Å². The third kappa shape index (κ3) is 3.01. The first-order chi connectivity index (χ1) is 8.32. The Labute approximate surface area is 106 Å². The molecule has 0 aromatic heterocycles. The summed E-state index contributed by atoms with van der Waals surface area (Å²) in [6.45, 7) is 14.4. The highest BCUT2D eigenvalue weighted by molar-refractivity contribution is 6.01. The number of carbonyl (C=O) groups excluding carboxylic acids is 1. The van der Waals surface area contributed by atoms with E-state index in [0.29, 0.717) is 16.7 Å². The van der Waals surface area contributed by atoms with E-state index >= 15 is 0 Å². The van der Waals surface area contributed by atoms with Crippen LogP contribution in [0, 0.1) is 0 Å². The first kappa shape index (κ1) is 13.6. The zero-order chi connectivity index (χ0) is 13.9. The third-order valence-corrected chi connectivity index (χ3v) is 2.41. The summed E-state index contributed by atoms with van der Waals surface area (Å²) in [4.78, 5) is 11.8. The van der Waals surface area contributed by atoms with Crippen LogP contribution in [0.4, 0.5) is 0 Å². The molecular weight excluding hydrogens is 230 g/mol. The molecule has 1 fully saturated rings. The summed E-state index contributed by atoms with van der Waals surface area (Å²) in [7, 11) is 0. The fraction of sp³-hybridized carbons (Fsp3) is 0.0714. The van der Waals surface area contributed by atoms with E-state index < -0.39 is 0 Å². The van der Waals surface area contributed by atoms with Gasteiger partial charge in [-0.3, -0.25) is 4.79 Å². The van der Waals surface area contributed by atoms with Crippen LogP contribution < -0.4 is 5.32 Å². The zero-order valence-electron chi connectivity index (χ0n) is 9.99. The van der Waals surface area contributed by atoms with Gasteiger partial charge in [-0.25, -0.2) is 0 Å². The molecule has 1 aliphatic heterocycles. The highest BCUT2D eigenvalue weighted by Crippen LogP contribution is 2.26. The highest BCUT2D eigenvalue weighted by atomic mass is 16.3. The van der Waals surface area contributed by atoms with E-state index in [-0.39, 0.29) is 29.5 Å². The average Bonchev–Trinajstić information content (AvgIpc) is 2.35. The zero-order valence-corrected chi connectivity index (χ0v) is 9.99. The number of aliphatic hydroxyl groups is 2. The van der Waals surface area contributed by atoms with E-state index in [1.807, 2.05) is 0 Å². The van der Waals surface area contributed by atoms with Crippen LogP contribution in [0.5, 0.6) is 0 Å². The van der Waals surface area contributed by atoms with Gasteiger partial charge in [-0.15, -0.1) is 0 Å². The van der Waals surface area contributed by atoms with Crippen molar-refractivity contribution in [3.05, 3.63) is 72.3 Å². The molecule has 94 valence electrons. The number of hydrogen-bond donors (Lipinski definition) is 3. The Morgan fingerprint density at radius 2 is 1.67 bits per heavy atom. The molecule has 0 bridgehead atoms. The second kappa shape index (κ2) is 5.23. The minimum Gasteiger partial charge on any atom is -0.509 e. The van der Waals surface area contributed by atoms with Crippen molar-refractivity contribution in [1.82, 2.24) is 5.32 Å². The molecule has 0 aromatic carbocycles. The molecule has 18 heavy (non-hydrogen) atoms. The number of allylic oxidation sites excluding steroid dienone is 2. The predicted octanol–water partition coefficient (Wildman–Crippen LogP) is 2.22. The van der Waals surface area contributed by atoms with E-state index in [4.69, 9.17) is 10.2 Å². The van der Waals surface area contributed by atoms with Gasteiger partial charge in [-0.2, -0.15) is 0 Å². The standard InChI is InChI=1S/C14H15NO3/c1-8(16)5-12-7-15-14(18)13(6-9(2)17)11(4)10(12)3/h5-6,16-17H,1-4,7H2,(H,15,18)/b12-5-,13-6+. The molecule has 0 radical (unpaired) electrons. The van der Waals surface area contributed by atoms with E-state index in [9.17, 15) is 4.79 Å². The Bertz CT molecular complexity index is 521. The first-order valence-corrected chi connectivity index (χ1v) is 5.18. The van der Waals surface area contributed by atoms with Gasteiger partial charge in [-0.1, -0.05) is 26.3 Å². The smallest absolute Gasteiger partial charge is 0.252 e. The Morgan fingerprint density at radius 3 is 2.17 bits per heavy atom. The molecule has 0 atom stereocenters. The van der Waals surface area contributed by atoms with Crippen LogP contribution in [0.15, 0.2) is 72.3 Å². The van der Waals surface area contributed by atoms with E-state index in [1.54, 1.807) is 0 Å². The van der Waals surface area contributed by atoms with Crippen molar-refractivity contribution in [3.63, 3.8) is 0 Å². The van der Waals surface area contributed by atoms with Crippen LogP contribution in [-0.4, -0.2) is 22.7 Å². The van der Waals surface area contributed by atoms with Gasteiger partial charge in [0.05, 0.1) is 5.57 Å². The molecule has 0 aliphatic carbocycles. The van der Waals surface area contributed by atoms with E-state index in [0.717, 1.165) is 0 Å². The molecule has 4 nitrogen and oxygen atoms in total. The lowest BCUT2D eigenvalue weighted by atomic mass is 9.95. The SMILES string of the molecule is C=C(O)/C=C1/CNC(=O)/C(=C/C(=C)O)C(=C)C1=C. The minimum atomic E-state index is -0.386. The topological polar surface area (TPSA) is 69.6 Å². The van der Waals surface area contributed by atoms with Gasteiger partial charge in [0.25, 0.3) is 5.91 Å². The van der Waals surface area contributed by atoms with E-state index in [2.05, 4.69) is 31.6 Å². The Kier molecular flexibility index (Phi) is 3.94. The van der Waals surface area contributed by atoms with Gasteiger partial charge in [0.1, 0.15) is 11.5 Å². The Morgan fingerprint density at radius 1 is 1.11 bits per heavy atom. The molecule has 1 aliphatic rings. The molecule has 0 unspecified atom stereocenters. The molecule has 1 heterocycles. The highest BCUT2D eigenvalue weighted by Gasteiger charge is 2.22. The Hall–Kier alpha value is -2.49. The van der Waals surface area contributed by atoms with Crippen molar-refractivity contribution in [3.8, 4) is 0 Å². The van der Waals surface area contributed by atoms with Gasteiger partial charge in [0.2, 0.25) is 0 Å². The fourth-order valence-electron chi connectivity index (χ4n) is 1.53. The maximum atomic E-state index is 11.8. The lowest BCUT2D eigenvalue weighted by molar-refractivity contribution is -0.117. The molecule has 1 amide bonds. The molecule has 4 heteroatoms. The van der Waals surface area contributed by atoms with Crippen LogP contribution >= 0.6 is 0 Å². The summed E-state index contributed by atoms with van der Waals surface area (Å²) in [5, 5.41) is 20.9. The van der Waals surface area contributed by atoms with E-state index in [1.165, 1.54) is 12.2 Å². The number of nitrogens with one attached hydrogen (secondary N) is 1. The Balaban J connectivity index is 3.23. The van der Waals surface area contributed by atoms with Crippen LogP contribution in [-0.2, 0) is 4.79 Å². The van der Waals surface area contributed by atoms with Crippen LogP contribution in [0.25, 0.3) is 0 Å². The van der Waals surface area contributed by atoms with Gasteiger partial charge in [-0.05, 0) is 28.9 Å². The lowest BCUT2D eigenvalue weighted by Crippen LogP contribution is -2.24. The van der Waals surface area contributed by atoms with Crippen molar-refractivity contribution in [2.24, 2.45) is 0 Å². The number of rotatable bonds is 2. The molecular formula is C14H15NO3. The monoisotopic (exact) mass is 245 g/mol. The number of amides is 1. The van der Waals surface area contributed by atoms with Crippen molar-refractivity contribution < 1.29 is 15.0 Å². The number of aliphatic hydroxyl groups excluding tert-OH is 2. The second-order valence-electron chi connectivity index (χ2n) is 3.85. The summed E-state index contributed by atoms with van der Waals surface area (Å²) >= 11 is 0. The molecule has 1 saturated heterocycles. The van der Waals surface area contributed by atoms with Gasteiger partial charge >= 0.3 is 0 Å². The predicted molar refractivity (Wildman–Crippen MR) is 71.0 cm³/mol. The molecule has 0 aromatic rings. The van der Waals surface area contributed by atoms with Gasteiger partial charge < -0.3 is 15.5 Å². The summed E-state index contributed by atoms with van der Waals surface area (Å²) in [6.07, 6.45) is 2.63. The van der Waals surface area contributed by atoms with Crippen LogP contribution in [0.2, 0.25) is 0 Å². The molecule has 3 N–H and O–H groups in total. The molecule has 1 rings (SSSR count). The van der Waals surface area contributed by atoms with Crippen LogP contribution in [0.1, 0.15) is 0 Å². The minimum absolute atomic E-state index is 0.132. The average molecular weight is 245 g/mol. The molecule has 0 spiro atoms. The number of carbonyl (C=O) groups is 1. The number of hydrogen-bond acceptors (Lipinski definition) is 3. The normalized spacial score (nSPS) is 20.8. The maximum Gasteiger partial charge on any atom is 0.252 e. The summed E-state index contributed by atoms with van der Waals surface area (Å²) < 4.78 is 0. The summed E-state index contributed by atoms with van der Waals surface area (Å²) in [6, 6.07) is 0. The maximum absolute atomic E-state index is 11.8. The second-order valence-corrected chi connectivity index (χ2v) is 3.85. The quantitative estimate of drug-likeness (QED) is 0.516. The lowest BCUT2D eigenvalue weighted by Gasteiger charge is -2.08. The van der Waals surface area contributed by atoms with Crippen molar-refractivity contribution in [2.45, 2.75) is 0 Å². The third-order valence-electron chi connectivity index (χ3n) is 2.41. The van der Waals surface area contributed by atoms with Gasteiger partial charge in [0, 0.05) is 6.54 Å². The summed E-state index contributed by atoms with van der Waals surface area (Å²) in [5.41, 5.74) is 1.66. The first-order valence-electron chi connectivity index (χ1n) is 5.18.